The van der Waals surface area contributed by atoms with E-state index in [1.807, 2.05) is 13.0 Å². The quantitative estimate of drug-likeness (QED) is 0.454. The number of rotatable bonds is 9. The Morgan fingerprint density at radius 1 is 1.12 bits per heavy atom. The number of nitrogens with zero attached hydrogens (tertiary/aromatic N) is 3. The number of carbonyl (C=O) groups is 2. The molecule has 180 valence electrons. The molecule has 0 aliphatic rings. The number of ether oxygens (including phenoxy) is 1. The number of carbonyl (C=O) groups excluding carboxylic acids is 2. The lowest BCUT2D eigenvalue weighted by Gasteiger charge is -2.18. The van der Waals surface area contributed by atoms with Crippen LogP contribution in [0, 0.1) is 6.92 Å². The van der Waals surface area contributed by atoms with E-state index >= 15 is 0 Å². The molecule has 34 heavy (non-hydrogen) atoms. The van der Waals surface area contributed by atoms with Crippen LogP contribution in [0.1, 0.15) is 35.5 Å². The van der Waals surface area contributed by atoms with E-state index in [1.54, 1.807) is 26.1 Å². The lowest BCUT2D eigenvalue weighted by Crippen LogP contribution is -2.31. The summed E-state index contributed by atoms with van der Waals surface area (Å²) >= 11 is 0. The molecule has 11 heteroatoms. The van der Waals surface area contributed by atoms with Crippen molar-refractivity contribution in [3.05, 3.63) is 75.8 Å². The summed E-state index contributed by atoms with van der Waals surface area (Å²) in [6.45, 7) is 5.38. The second-order valence-electron chi connectivity index (χ2n) is 7.43. The summed E-state index contributed by atoms with van der Waals surface area (Å²) in [6, 6.07) is 10.3. The zero-order chi connectivity index (χ0) is 24.9. The van der Waals surface area contributed by atoms with Gasteiger partial charge in [0.15, 0.2) is 0 Å². The molecule has 2 aromatic heterocycles. The summed E-state index contributed by atoms with van der Waals surface area (Å²) in [5.41, 5.74) is 1.48. The van der Waals surface area contributed by atoms with Crippen molar-refractivity contribution in [3.8, 4) is 0 Å². The topological polar surface area (TPSA) is 127 Å². The molecule has 0 atom stereocenters. The molecule has 2 heterocycles. The molecule has 0 spiro atoms. The van der Waals surface area contributed by atoms with Crippen LogP contribution in [-0.2, 0) is 26.2 Å². The Hall–Kier alpha value is -3.57. The maximum absolute atomic E-state index is 12.5. The molecule has 0 saturated carbocycles. The molecule has 1 N–H and O–H groups in total. The first kappa shape index (κ1) is 25.1. The van der Waals surface area contributed by atoms with Gasteiger partial charge in [-0.15, -0.1) is 0 Å². The molecule has 10 nitrogen and oxygen atoms in total. The van der Waals surface area contributed by atoms with E-state index < -0.39 is 28.4 Å². The van der Waals surface area contributed by atoms with Crippen molar-refractivity contribution in [1.82, 2.24) is 19.0 Å². The van der Waals surface area contributed by atoms with Crippen LogP contribution < -0.4 is 10.9 Å². The van der Waals surface area contributed by atoms with E-state index in [0.29, 0.717) is 24.4 Å². The minimum Gasteiger partial charge on any atom is -0.458 e. The van der Waals surface area contributed by atoms with Gasteiger partial charge in [0.25, 0.3) is 11.5 Å². The molecule has 0 saturated heterocycles. The number of amides is 1. The molecule has 0 aliphatic heterocycles. The van der Waals surface area contributed by atoms with Gasteiger partial charge in [-0.1, -0.05) is 19.9 Å². The minimum absolute atomic E-state index is 0.0844. The number of fused-ring (bicyclic) bond motifs is 1. The van der Waals surface area contributed by atoms with Gasteiger partial charge in [0.05, 0.1) is 10.6 Å². The zero-order valence-corrected chi connectivity index (χ0v) is 20.0. The summed E-state index contributed by atoms with van der Waals surface area (Å²) in [5.74, 6) is -1.26. The van der Waals surface area contributed by atoms with Gasteiger partial charge in [-0.05, 0) is 42.8 Å². The van der Waals surface area contributed by atoms with E-state index in [2.05, 4.69) is 10.3 Å². The Balaban J connectivity index is 1.57. The fourth-order valence-electron chi connectivity index (χ4n) is 3.33. The standard InChI is InChI=1S/C23H26N4O6S/c1-4-26(5-2)34(31,32)19-10-8-17(9-11-19)23(30)24-14-21(29)33-15-18-13-20(28)27-12-6-7-16(3)22(27)25-18/h6-13H,4-5,14-15H2,1-3H3,(H,24,30). The number of hydrogen-bond acceptors (Lipinski definition) is 7. The van der Waals surface area contributed by atoms with Crippen LogP contribution in [0.4, 0.5) is 0 Å². The molecule has 0 radical (unpaired) electrons. The van der Waals surface area contributed by atoms with Gasteiger partial charge >= 0.3 is 5.97 Å². The van der Waals surface area contributed by atoms with Gasteiger partial charge in [0.2, 0.25) is 10.0 Å². The van der Waals surface area contributed by atoms with Gasteiger partial charge in [-0.3, -0.25) is 18.8 Å². The number of aromatic nitrogens is 2. The summed E-state index contributed by atoms with van der Waals surface area (Å²) in [7, 11) is -3.62. The Labute approximate surface area is 197 Å². The van der Waals surface area contributed by atoms with Crippen molar-refractivity contribution in [2.45, 2.75) is 32.3 Å². The van der Waals surface area contributed by atoms with Crippen molar-refractivity contribution in [2.24, 2.45) is 0 Å². The van der Waals surface area contributed by atoms with Crippen molar-refractivity contribution in [1.29, 1.82) is 0 Å². The number of nitrogens with one attached hydrogen (secondary N) is 1. The van der Waals surface area contributed by atoms with Gasteiger partial charge in [-0.25, -0.2) is 13.4 Å². The highest BCUT2D eigenvalue weighted by Crippen LogP contribution is 2.16. The molecular formula is C23H26N4O6S. The Morgan fingerprint density at radius 2 is 1.79 bits per heavy atom. The maximum atomic E-state index is 12.5. The second-order valence-corrected chi connectivity index (χ2v) is 9.37. The number of aryl methyl sites for hydroxylation is 1. The number of benzene rings is 1. The molecule has 3 aromatic rings. The summed E-state index contributed by atoms with van der Waals surface area (Å²) in [5, 5.41) is 2.43. The fourth-order valence-corrected chi connectivity index (χ4v) is 4.79. The third-order valence-corrected chi connectivity index (χ3v) is 7.24. The molecule has 0 fully saturated rings. The van der Waals surface area contributed by atoms with E-state index in [1.165, 1.54) is 39.0 Å². The Kier molecular flexibility index (Phi) is 7.79. The SMILES string of the molecule is CCN(CC)S(=O)(=O)c1ccc(C(=O)NCC(=O)OCc2cc(=O)n3cccc(C)c3n2)cc1. The number of esters is 1. The molecule has 0 aliphatic carbocycles. The van der Waals surface area contributed by atoms with E-state index in [0.717, 1.165) is 5.56 Å². The predicted octanol–water partition coefficient (Wildman–Crippen LogP) is 1.51. The molecule has 0 unspecified atom stereocenters. The lowest BCUT2D eigenvalue weighted by atomic mass is 10.2. The van der Waals surface area contributed by atoms with Crippen LogP contribution in [-0.4, -0.2) is 53.6 Å². The van der Waals surface area contributed by atoms with Crippen molar-refractivity contribution in [3.63, 3.8) is 0 Å². The highest BCUT2D eigenvalue weighted by atomic mass is 32.2. The normalized spacial score (nSPS) is 11.5. The molecular weight excluding hydrogens is 460 g/mol. The van der Waals surface area contributed by atoms with Crippen LogP contribution in [0.3, 0.4) is 0 Å². The monoisotopic (exact) mass is 486 g/mol. The van der Waals surface area contributed by atoms with Crippen molar-refractivity contribution >= 4 is 27.5 Å². The summed E-state index contributed by atoms with van der Waals surface area (Å²) in [4.78, 5) is 41.0. The molecule has 3 rings (SSSR count). The molecule has 0 bridgehead atoms. The van der Waals surface area contributed by atoms with E-state index in [-0.39, 0.29) is 22.6 Å². The largest absolute Gasteiger partial charge is 0.458 e. The second kappa shape index (κ2) is 10.6. The van der Waals surface area contributed by atoms with Crippen LogP contribution in [0.2, 0.25) is 0 Å². The smallest absolute Gasteiger partial charge is 0.325 e. The predicted molar refractivity (Wildman–Crippen MR) is 125 cm³/mol. The first-order valence-corrected chi connectivity index (χ1v) is 12.1. The average Bonchev–Trinajstić information content (AvgIpc) is 2.82. The first-order valence-electron chi connectivity index (χ1n) is 10.7. The third kappa shape index (κ3) is 5.49. The maximum Gasteiger partial charge on any atom is 0.325 e. The highest BCUT2D eigenvalue weighted by Gasteiger charge is 2.21. The van der Waals surface area contributed by atoms with E-state index in [9.17, 15) is 22.8 Å². The van der Waals surface area contributed by atoms with E-state index in [4.69, 9.17) is 4.74 Å². The number of hydrogen-bond donors (Lipinski definition) is 1. The van der Waals surface area contributed by atoms with Crippen LogP contribution >= 0.6 is 0 Å². The van der Waals surface area contributed by atoms with Gasteiger partial charge < -0.3 is 10.1 Å². The zero-order valence-electron chi connectivity index (χ0n) is 19.1. The van der Waals surface area contributed by atoms with Crippen molar-refractivity contribution in [2.75, 3.05) is 19.6 Å². The van der Waals surface area contributed by atoms with Gasteiger partial charge in [0, 0.05) is 30.9 Å². The molecule has 1 aromatic carbocycles. The Bertz CT molecular complexity index is 1360. The van der Waals surface area contributed by atoms with Crippen LogP contribution in [0.15, 0.2) is 58.4 Å². The highest BCUT2D eigenvalue weighted by molar-refractivity contribution is 7.89. The molecule has 1 amide bonds. The minimum atomic E-state index is -3.62. The fraction of sp³-hybridized carbons (Fsp3) is 0.304. The number of pyridine rings is 1. The number of sulfonamides is 1. The van der Waals surface area contributed by atoms with Crippen LogP contribution in [0.5, 0.6) is 0 Å². The lowest BCUT2D eigenvalue weighted by molar-refractivity contribution is -0.143. The Morgan fingerprint density at radius 3 is 2.44 bits per heavy atom. The van der Waals surface area contributed by atoms with Gasteiger partial charge in [0.1, 0.15) is 18.8 Å². The first-order chi connectivity index (χ1) is 16.2. The van der Waals surface area contributed by atoms with Gasteiger partial charge in [-0.2, -0.15) is 4.31 Å². The summed E-state index contributed by atoms with van der Waals surface area (Å²) < 4.78 is 32.9. The summed E-state index contributed by atoms with van der Waals surface area (Å²) in [6.07, 6.45) is 1.61. The van der Waals surface area contributed by atoms with Crippen LogP contribution in [0.25, 0.3) is 5.65 Å². The third-order valence-electron chi connectivity index (χ3n) is 5.17. The van der Waals surface area contributed by atoms with Crippen molar-refractivity contribution < 1.29 is 22.7 Å². The average molecular weight is 487 g/mol.